The quantitative estimate of drug-likeness (QED) is 0.789. The summed E-state index contributed by atoms with van der Waals surface area (Å²) in [5.41, 5.74) is 0. The van der Waals surface area contributed by atoms with Gasteiger partial charge >= 0.3 is 0 Å². The molecule has 1 aliphatic carbocycles. The molecule has 4 rings (SSSR count). The van der Waals surface area contributed by atoms with Crippen molar-refractivity contribution in [1.29, 1.82) is 0 Å². The average molecular weight is 272 g/mol. The van der Waals surface area contributed by atoms with Gasteiger partial charge in [-0.1, -0.05) is 0 Å². The number of Topliss-reactive ketones (excluding diaryl/α,β-unsaturated/α-hetero) is 1. The van der Waals surface area contributed by atoms with E-state index in [9.17, 15) is 13.2 Å². The number of sulfonamides is 1. The molecule has 0 aromatic heterocycles. The first-order chi connectivity index (χ1) is 8.43. The van der Waals surface area contributed by atoms with Gasteiger partial charge in [0, 0.05) is 12.5 Å². The van der Waals surface area contributed by atoms with E-state index in [4.69, 9.17) is 0 Å². The van der Waals surface area contributed by atoms with E-state index in [0.29, 0.717) is 0 Å². The van der Waals surface area contributed by atoms with E-state index in [0.717, 1.165) is 38.8 Å². The first-order valence-electron chi connectivity index (χ1n) is 6.70. The molecule has 18 heavy (non-hydrogen) atoms. The summed E-state index contributed by atoms with van der Waals surface area (Å²) in [6, 6.07) is -0.227. The Hall–Kier alpha value is -0.460. The predicted molar refractivity (Wildman–Crippen MR) is 67.7 cm³/mol. The maximum absolute atomic E-state index is 12.1. The Morgan fingerprint density at radius 1 is 1.33 bits per heavy atom. The summed E-state index contributed by atoms with van der Waals surface area (Å²) in [7, 11) is -3.26. The molecule has 0 aromatic carbocycles. The van der Waals surface area contributed by atoms with Crippen LogP contribution < -0.4 is 4.72 Å². The van der Waals surface area contributed by atoms with Gasteiger partial charge in [0.1, 0.15) is 0 Å². The maximum Gasteiger partial charge on any atom is 0.217 e. The zero-order chi connectivity index (χ0) is 13.0. The van der Waals surface area contributed by atoms with Crippen LogP contribution in [0.1, 0.15) is 32.6 Å². The Bertz CT molecular complexity index is 462. The number of nitrogens with one attached hydrogen (secondary N) is 1. The predicted octanol–water partition coefficient (Wildman–Crippen LogP) is 0.122. The molecule has 6 heteroatoms. The summed E-state index contributed by atoms with van der Waals surface area (Å²) in [5.74, 6) is 0.400. The highest BCUT2D eigenvalue weighted by Crippen LogP contribution is 2.42. The van der Waals surface area contributed by atoms with E-state index in [1.165, 1.54) is 0 Å². The van der Waals surface area contributed by atoms with E-state index in [1.54, 1.807) is 6.92 Å². The normalized spacial score (nSPS) is 37.8. The van der Waals surface area contributed by atoms with Crippen molar-refractivity contribution in [3.05, 3.63) is 0 Å². The van der Waals surface area contributed by atoms with Crippen LogP contribution in [-0.2, 0) is 14.8 Å². The highest BCUT2D eigenvalue weighted by atomic mass is 32.2. The number of carbonyl (C=O) groups excluding carboxylic acids is 1. The van der Waals surface area contributed by atoms with E-state index in [1.807, 2.05) is 0 Å². The molecule has 0 aromatic rings. The standard InChI is InChI=1S/C12H20N2O3S/c1-12(4-5-12)18(16,17)13-8-10-11(15)9-2-6-14(10)7-3-9/h9-10,13H,2-8H2,1H3. The number of nitrogens with zero attached hydrogens (tertiary/aromatic N) is 1. The highest BCUT2D eigenvalue weighted by molar-refractivity contribution is 7.91. The average Bonchev–Trinajstić information content (AvgIpc) is 3.09. The van der Waals surface area contributed by atoms with Crippen molar-refractivity contribution in [3.63, 3.8) is 0 Å². The minimum atomic E-state index is -3.26. The van der Waals surface area contributed by atoms with Crippen LogP contribution >= 0.6 is 0 Å². The van der Waals surface area contributed by atoms with Crippen LogP contribution in [0.15, 0.2) is 0 Å². The molecule has 1 saturated carbocycles. The number of hydrogen-bond donors (Lipinski definition) is 1. The first-order valence-corrected chi connectivity index (χ1v) is 8.18. The number of hydrogen-bond acceptors (Lipinski definition) is 4. The largest absolute Gasteiger partial charge is 0.298 e. The van der Waals surface area contributed by atoms with Gasteiger partial charge in [-0.15, -0.1) is 0 Å². The molecule has 1 atom stereocenters. The van der Waals surface area contributed by atoms with Gasteiger partial charge in [-0.05, 0) is 45.7 Å². The molecule has 2 bridgehead atoms. The second-order valence-electron chi connectivity index (χ2n) is 6.03. The van der Waals surface area contributed by atoms with Gasteiger partial charge in [0.15, 0.2) is 5.78 Å². The molecule has 3 saturated heterocycles. The van der Waals surface area contributed by atoms with Crippen LogP contribution in [-0.4, -0.2) is 49.5 Å². The highest BCUT2D eigenvalue weighted by Gasteiger charge is 2.50. The molecule has 4 aliphatic rings. The van der Waals surface area contributed by atoms with Gasteiger partial charge in [-0.3, -0.25) is 9.69 Å². The Morgan fingerprint density at radius 2 is 1.94 bits per heavy atom. The minimum absolute atomic E-state index is 0.168. The van der Waals surface area contributed by atoms with Crippen LogP contribution in [0.5, 0.6) is 0 Å². The number of piperidine rings is 3. The van der Waals surface area contributed by atoms with Gasteiger partial charge in [0.25, 0.3) is 0 Å². The topological polar surface area (TPSA) is 66.5 Å². The zero-order valence-electron chi connectivity index (χ0n) is 10.7. The SMILES string of the molecule is CC1(S(=O)(=O)NCC2C(=O)C3CCN2CC3)CC1. The Balaban J connectivity index is 1.65. The molecule has 1 N–H and O–H groups in total. The van der Waals surface area contributed by atoms with Gasteiger partial charge in [-0.2, -0.15) is 0 Å². The van der Waals surface area contributed by atoms with E-state index in [2.05, 4.69) is 9.62 Å². The summed E-state index contributed by atoms with van der Waals surface area (Å²) in [5, 5.41) is 0. The van der Waals surface area contributed by atoms with Crippen molar-refractivity contribution in [1.82, 2.24) is 9.62 Å². The second-order valence-corrected chi connectivity index (χ2v) is 8.31. The van der Waals surface area contributed by atoms with Crippen LogP contribution in [0, 0.1) is 5.92 Å². The monoisotopic (exact) mass is 272 g/mol. The summed E-state index contributed by atoms with van der Waals surface area (Å²) in [4.78, 5) is 14.2. The summed E-state index contributed by atoms with van der Waals surface area (Å²) in [6.45, 7) is 3.89. The molecular weight excluding hydrogens is 252 g/mol. The van der Waals surface area contributed by atoms with Crippen molar-refractivity contribution in [2.75, 3.05) is 19.6 Å². The minimum Gasteiger partial charge on any atom is -0.298 e. The van der Waals surface area contributed by atoms with E-state index in [-0.39, 0.29) is 24.3 Å². The Kier molecular flexibility index (Phi) is 2.80. The lowest BCUT2D eigenvalue weighted by atomic mass is 9.82. The zero-order valence-corrected chi connectivity index (χ0v) is 11.5. The van der Waals surface area contributed by atoms with Gasteiger partial charge < -0.3 is 0 Å². The van der Waals surface area contributed by atoms with Crippen LogP contribution in [0.25, 0.3) is 0 Å². The molecular formula is C12H20N2O3S. The van der Waals surface area contributed by atoms with Crippen LogP contribution in [0.3, 0.4) is 0 Å². The molecule has 0 radical (unpaired) electrons. The first kappa shape index (κ1) is 12.6. The molecule has 0 amide bonds. The Labute approximate surface area is 108 Å². The maximum atomic E-state index is 12.1. The second kappa shape index (κ2) is 4.02. The van der Waals surface area contributed by atoms with Crippen molar-refractivity contribution in [2.45, 2.75) is 43.4 Å². The van der Waals surface area contributed by atoms with Crippen LogP contribution in [0.2, 0.25) is 0 Å². The fraction of sp³-hybridized carbons (Fsp3) is 0.917. The number of rotatable bonds is 4. The fourth-order valence-electron chi connectivity index (χ4n) is 2.98. The fourth-order valence-corrected chi connectivity index (χ4v) is 4.35. The lowest BCUT2D eigenvalue weighted by molar-refractivity contribution is -0.136. The van der Waals surface area contributed by atoms with Crippen LogP contribution in [0.4, 0.5) is 0 Å². The molecule has 3 heterocycles. The molecule has 0 spiro atoms. The molecule has 3 aliphatic heterocycles. The lowest BCUT2D eigenvalue weighted by Gasteiger charge is -2.44. The number of ketones is 1. The number of fused-ring (bicyclic) bond motifs is 3. The lowest BCUT2D eigenvalue weighted by Crippen LogP contribution is -2.59. The van der Waals surface area contributed by atoms with E-state index >= 15 is 0 Å². The third-order valence-electron chi connectivity index (χ3n) is 4.77. The van der Waals surface area contributed by atoms with Crippen molar-refractivity contribution in [3.8, 4) is 0 Å². The smallest absolute Gasteiger partial charge is 0.217 e. The van der Waals surface area contributed by atoms with Gasteiger partial charge in [-0.25, -0.2) is 13.1 Å². The third-order valence-corrected chi connectivity index (χ3v) is 7.02. The molecule has 102 valence electrons. The van der Waals surface area contributed by atoms with E-state index < -0.39 is 14.8 Å². The summed E-state index contributed by atoms with van der Waals surface area (Å²) < 4.78 is 26.1. The van der Waals surface area contributed by atoms with Crippen molar-refractivity contribution >= 4 is 15.8 Å². The summed E-state index contributed by atoms with van der Waals surface area (Å²) in [6.07, 6.45) is 3.35. The van der Waals surface area contributed by atoms with Crippen molar-refractivity contribution < 1.29 is 13.2 Å². The Morgan fingerprint density at radius 3 is 2.44 bits per heavy atom. The third kappa shape index (κ3) is 1.90. The van der Waals surface area contributed by atoms with Crippen molar-refractivity contribution in [2.24, 2.45) is 5.92 Å². The molecule has 4 fully saturated rings. The molecule has 5 nitrogen and oxygen atoms in total. The van der Waals surface area contributed by atoms with Gasteiger partial charge in [0.05, 0.1) is 10.8 Å². The number of carbonyl (C=O) groups is 1. The molecule has 1 unspecified atom stereocenters. The van der Waals surface area contributed by atoms with Gasteiger partial charge in [0.2, 0.25) is 10.0 Å². The summed E-state index contributed by atoms with van der Waals surface area (Å²) >= 11 is 0.